The molecule has 2 rings (SSSR count). The molecule has 6 heteroatoms. The van der Waals surface area contributed by atoms with Crippen molar-refractivity contribution in [2.75, 3.05) is 25.1 Å². The minimum Gasteiger partial charge on any atom is -0.486 e. The minimum absolute atomic E-state index is 0.0310. The van der Waals surface area contributed by atoms with E-state index in [1.165, 1.54) is 6.92 Å². The van der Waals surface area contributed by atoms with Crippen molar-refractivity contribution in [3.05, 3.63) is 18.2 Å². The van der Waals surface area contributed by atoms with E-state index in [-0.39, 0.29) is 24.4 Å². The molecule has 0 spiro atoms. The summed E-state index contributed by atoms with van der Waals surface area (Å²) in [5, 5.41) is 2.79. The van der Waals surface area contributed by atoms with Crippen LogP contribution in [0.5, 0.6) is 11.5 Å². The molecule has 0 aliphatic carbocycles. The van der Waals surface area contributed by atoms with E-state index in [9.17, 15) is 9.59 Å². The van der Waals surface area contributed by atoms with Crippen molar-refractivity contribution in [1.29, 1.82) is 0 Å². The number of rotatable bonds is 5. The van der Waals surface area contributed by atoms with Gasteiger partial charge in [-0.15, -0.1) is 0 Å². The van der Waals surface area contributed by atoms with Crippen LogP contribution in [0.4, 0.5) is 5.69 Å². The van der Waals surface area contributed by atoms with Gasteiger partial charge in [0.15, 0.2) is 11.5 Å². The van der Waals surface area contributed by atoms with E-state index in [4.69, 9.17) is 9.47 Å². The number of hydrogen-bond acceptors (Lipinski definition) is 4. The number of hydrogen-bond donors (Lipinski definition) is 1. The first-order chi connectivity index (χ1) is 10.5. The molecular weight excluding hydrogens is 284 g/mol. The van der Waals surface area contributed by atoms with E-state index in [0.29, 0.717) is 30.4 Å². The van der Waals surface area contributed by atoms with Crippen molar-refractivity contribution in [3.63, 3.8) is 0 Å². The number of anilines is 1. The molecule has 0 saturated carbocycles. The highest BCUT2D eigenvalue weighted by Gasteiger charge is 2.19. The van der Waals surface area contributed by atoms with E-state index in [1.54, 1.807) is 23.1 Å². The molecule has 1 aliphatic heterocycles. The molecule has 1 aliphatic rings. The summed E-state index contributed by atoms with van der Waals surface area (Å²) in [6.45, 7) is 6.46. The van der Waals surface area contributed by atoms with Gasteiger partial charge in [-0.2, -0.15) is 0 Å². The predicted octanol–water partition coefficient (Wildman–Crippen LogP) is 2.04. The zero-order valence-corrected chi connectivity index (χ0v) is 13.2. The molecule has 1 aromatic carbocycles. The molecule has 2 amide bonds. The first-order valence-electron chi connectivity index (χ1n) is 7.48. The number of nitrogens with zero attached hydrogens (tertiary/aromatic N) is 1. The Labute approximate surface area is 130 Å². The lowest BCUT2D eigenvalue weighted by atomic mass is 10.2. The van der Waals surface area contributed by atoms with Crippen molar-refractivity contribution in [1.82, 2.24) is 4.90 Å². The predicted molar refractivity (Wildman–Crippen MR) is 83.2 cm³/mol. The molecule has 1 heterocycles. The Kier molecular flexibility index (Phi) is 5.25. The van der Waals surface area contributed by atoms with Crippen LogP contribution in [-0.4, -0.2) is 42.5 Å². The third-order valence-electron chi connectivity index (χ3n) is 3.67. The molecule has 0 aromatic heterocycles. The van der Waals surface area contributed by atoms with Gasteiger partial charge in [-0.25, -0.2) is 0 Å². The van der Waals surface area contributed by atoms with Crippen LogP contribution in [0.25, 0.3) is 0 Å². The standard InChI is InChI=1S/C16H22N2O4/c1-4-11(2)18(12(3)19)10-16(20)17-13-5-6-14-15(9-13)22-8-7-21-14/h5-6,9,11H,4,7-8,10H2,1-3H3,(H,17,20). The summed E-state index contributed by atoms with van der Waals surface area (Å²) in [6.07, 6.45) is 0.802. The van der Waals surface area contributed by atoms with E-state index in [0.717, 1.165) is 6.42 Å². The van der Waals surface area contributed by atoms with Crippen LogP contribution in [0.1, 0.15) is 27.2 Å². The van der Waals surface area contributed by atoms with Crippen LogP contribution in [0.3, 0.4) is 0 Å². The molecule has 1 aromatic rings. The molecule has 0 saturated heterocycles. The molecule has 0 bridgehead atoms. The van der Waals surface area contributed by atoms with Crippen LogP contribution >= 0.6 is 0 Å². The monoisotopic (exact) mass is 306 g/mol. The summed E-state index contributed by atoms with van der Waals surface area (Å²) in [6, 6.07) is 5.28. The summed E-state index contributed by atoms with van der Waals surface area (Å²) >= 11 is 0. The molecule has 22 heavy (non-hydrogen) atoms. The van der Waals surface area contributed by atoms with Gasteiger partial charge in [-0.1, -0.05) is 6.92 Å². The quantitative estimate of drug-likeness (QED) is 0.904. The summed E-state index contributed by atoms with van der Waals surface area (Å²) in [5.41, 5.74) is 0.627. The van der Waals surface area contributed by atoms with Gasteiger partial charge in [-0.3, -0.25) is 9.59 Å². The lowest BCUT2D eigenvalue weighted by molar-refractivity contribution is -0.134. The minimum atomic E-state index is -0.229. The third-order valence-corrected chi connectivity index (χ3v) is 3.67. The maximum absolute atomic E-state index is 12.1. The van der Waals surface area contributed by atoms with Crippen molar-refractivity contribution < 1.29 is 19.1 Å². The van der Waals surface area contributed by atoms with E-state index < -0.39 is 0 Å². The highest BCUT2D eigenvalue weighted by Crippen LogP contribution is 2.32. The van der Waals surface area contributed by atoms with Gasteiger partial charge in [0.2, 0.25) is 11.8 Å². The fraction of sp³-hybridized carbons (Fsp3) is 0.500. The highest BCUT2D eigenvalue weighted by atomic mass is 16.6. The topological polar surface area (TPSA) is 67.9 Å². The van der Waals surface area contributed by atoms with Gasteiger partial charge in [0.05, 0.1) is 0 Å². The smallest absolute Gasteiger partial charge is 0.244 e. The summed E-state index contributed by atoms with van der Waals surface area (Å²) < 4.78 is 10.9. The fourth-order valence-electron chi connectivity index (χ4n) is 2.27. The van der Waals surface area contributed by atoms with Crippen molar-refractivity contribution in [3.8, 4) is 11.5 Å². The Balaban J connectivity index is 2.00. The number of amides is 2. The van der Waals surface area contributed by atoms with Gasteiger partial charge in [0.25, 0.3) is 0 Å². The number of ether oxygens (including phenoxy) is 2. The number of nitrogens with one attached hydrogen (secondary N) is 1. The third kappa shape index (κ3) is 3.90. The second-order valence-corrected chi connectivity index (χ2v) is 5.31. The molecule has 1 N–H and O–H groups in total. The Morgan fingerprint density at radius 3 is 2.59 bits per heavy atom. The van der Waals surface area contributed by atoms with Crippen LogP contribution < -0.4 is 14.8 Å². The average molecular weight is 306 g/mol. The highest BCUT2D eigenvalue weighted by molar-refractivity contribution is 5.94. The molecule has 1 atom stereocenters. The zero-order chi connectivity index (χ0) is 16.1. The molecule has 120 valence electrons. The second-order valence-electron chi connectivity index (χ2n) is 5.31. The lowest BCUT2D eigenvalue weighted by Gasteiger charge is -2.26. The fourth-order valence-corrected chi connectivity index (χ4v) is 2.27. The zero-order valence-electron chi connectivity index (χ0n) is 13.2. The largest absolute Gasteiger partial charge is 0.486 e. The van der Waals surface area contributed by atoms with Crippen LogP contribution in [-0.2, 0) is 9.59 Å². The molecule has 0 radical (unpaired) electrons. The first-order valence-corrected chi connectivity index (χ1v) is 7.48. The van der Waals surface area contributed by atoms with Gasteiger partial charge < -0.3 is 19.7 Å². The van der Waals surface area contributed by atoms with E-state index >= 15 is 0 Å². The van der Waals surface area contributed by atoms with Crippen LogP contribution in [0, 0.1) is 0 Å². The molecular formula is C16H22N2O4. The Morgan fingerprint density at radius 2 is 1.95 bits per heavy atom. The maximum atomic E-state index is 12.1. The van der Waals surface area contributed by atoms with Gasteiger partial charge >= 0.3 is 0 Å². The van der Waals surface area contributed by atoms with E-state index in [2.05, 4.69) is 5.32 Å². The Hall–Kier alpha value is -2.24. The van der Waals surface area contributed by atoms with Crippen LogP contribution in [0.2, 0.25) is 0 Å². The molecule has 6 nitrogen and oxygen atoms in total. The first kappa shape index (κ1) is 16.1. The Bertz CT molecular complexity index is 559. The summed E-state index contributed by atoms with van der Waals surface area (Å²) in [4.78, 5) is 25.3. The number of fused-ring (bicyclic) bond motifs is 1. The van der Waals surface area contributed by atoms with Crippen molar-refractivity contribution >= 4 is 17.5 Å². The lowest BCUT2D eigenvalue weighted by Crippen LogP contribution is -2.42. The van der Waals surface area contributed by atoms with Crippen LogP contribution in [0.15, 0.2) is 18.2 Å². The van der Waals surface area contributed by atoms with Gasteiger partial charge in [-0.05, 0) is 25.5 Å². The molecule has 0 fully saturated rings. The SMILES string of the molecule is CCC(C)N(CC(=O)Nc1ccc2c(c1)OCCO2)C(C)=O. The number of carbonyl (C=O) groups is 2. The van der Waals surface area contributed by atoms with Crippen molar-refractivity contribution in [2.24, 2.45) is 0 Å². The van der Waals surface area contributed by atoms with E-state index in [1.807, 2.05) is 13.8 Å². The van der Waals surface area contributed by atoms with Crippen molar-refractivity contribution in [2.45, 2.75) is 33.2 Å². The molecule has 1 unspecified atom stereocenters. The number of benzene rings is 1. The van der Waals surface area contributed by atoms with Gasteiger partial charge in [0.1, 0.15) is 19.8 Å². The summed E-state index contributed by atoms with van der Waals surface area (Å²) in [5.74, 6) is 0.961. The maximum Gasteiger partial charge on any atom is 0.244 e. The number of carbonyl (C=O) groups excluding carboxylic acids is 2. The average Bonchev–Trinajstić information content (AvgIpc) is 2.51. The Morgan fingerprint density at radius 1 is 1.27 bits per heavy atom. The second kappa shape index (κ2) is 7.15. The van der Waals surface area contributed by atoms with Gasteiger partial charge in [0, 0.05) is 24.7 Å². The summed E-state index contributed by atoms with van der Waals surface area (Å²) in [7, 11) is 0. The normalized spacial score (nSPS) is 14.1.